The van der Waals surface area contributed by atoms with Gasteiger partial charge in [-0.15, -0.1) is 11.8 Å². The second-order valence-corrected chi connectivity index (χ2v) is 5.70. The molecule has 2 fully saturated rings. The van der Waals surface area contributed by atoms with Crippen LogP contribution in [0.2, 0.25) is 0 Å². The number of rotatable bonds is 2. The summed E-state index contributed by atoms with van der Waals surface area (Å²) >= 11 is 5.08. The number of halogens is 1. The number of hydrogen-bond acceptors (Lipinski definition) is 1. The van der Waals surface area contributed by atoms with E-state index in [0.29, 0.717) is 0 Å². The summed E-state index contributed by atoms with van der Waals surface area (Å²) in [5.74, 6) is 0. The summed E-state index contributed by atoms with van der Waals surface area (Å²) in [6.45, 7) is 0. The zero-order valence-corrected chi connectivity index (χ0v) is 13.7. The maximum absolute atomic E-state index is 3.28. The smallest absolute Gasteiger partial charge is 0.117 e. The first-order valence-corrected chi connectivity index (χ1v) is 7.27. The van der Waals surface area contributed by atoms with E-state index in [4.69, 9.17) is 0 Å². The summed E-state index contributed by atoms with van der Waals surface area (Å²) in [5.41, 5.74) is 0. The quantitative estimate of drug-likeness (QED) is 0.666. The molecular formula is C16H13BrFeS+2. The minimum absolute atomic E-state index is 0. The summed E-state index contributed by atoms with van der Waals surface area (Å²) in [5, 5.41) is 1.31. The molecule has 0 amide bonds. The van der Waals surface area contributed by atoms with E-state index in [9.17, 15) is 0 Å². The Hall–Kier alpha value is 0.569. The van der Waals surface area contributed by atoms with Gasteiger partial charge >= 0.3 is 17.1 Å². The molecule has 1 aromatic rings. The van der Waals surface area contributed by atoms with Crippen LogP contribution in [0.5, 0.6) is 0 Å². The summed E-state index contributed by atoms with van der Waals surface area (Å²) in [6, 6.07) is 10.4. The van der Waals surface area contributed by atoms with Crippen molar-refractivity contribution < 1.29 is 17.1 Å². The number of thioether (sulfide) groups is 1. The van der Waals surface area contributed by atoms with E-state index in [1.807, 2.05) is 31.7 Å². The predicted molar refractivity (Wildman–Crippen MR) is 82.1 cm³/mol. The molecular weight excluding hydrogens is 360 g/mol. The van der Waals surface area contributed by atoms with Crippen LogP contribution in [0.3, 0.4) is 0 Å². The van der Waals surface area contributed by atoms with Crippen molar-refractivity contribution >= 4 is 27.7 Å². The van der Waals surface area contributed by atoms with Crippen molar-refractivity contribution in [1.82, 2.24) is 0 Å². The van der Waals surface area contributed by atoms with Crippen LogP contribution >= 0.6 is 27.7 Å². The van der Waals surface area contributed by atoms with Crippen LogP contribution in [0.25, 0.3) is 0 Å². The fraction of sp³-hybridized carbons (Fsp3) is 0. The molecule has 0 nitrogen and oxygen atoms in total. The maximum atomic E-state index is 3.28. The molecule has 0 saturated heterocycles. The molecule has 19 heavy (non-hydrogen) atoms. The first-order valence-electron chi connectivity index (χ1n) is 5.66. The van der Waals surface area contributed by atoms with Crippen molar-refractivity contribution in [2.75, 3.05) is 0 Å². The molecule has 2 aliphatic rings. The molecule has 0 atom stereocenters. The van der Waals surface area contributed by atoms with E-state index >= 15 is 0 Å². The van der Waals surface area contributed by atoms with Gasteiger partial charge in [0.1, 0.15) is 0 Å². The number of benzene rings is 1. The molecule has 0 N–H and O–H groups in total. The molecule has 1 aromatic carbocycles. The zero-order chi connectivity index (χ0) is 12.6. The molecule has 0 aromatic heterocycles. The fourth-order valence-electron chi connectivity index (χ4n) is 1.40. The molecule has 96 valence electrons. The maximum Gasteiger partial charge on any atom is 2.00 e. The fourth-order valence-corrected chi connectivity index (χ4v) is 2.56. The van der Waals surface area contributed by atoms with Gasteiger partial charge in [0.15, 0.2) is 0 Å². The van der Waals surface area contributed by atoms with Crippen LogP contribution < -0.4 is 0 Å². The van der Waals surface area contributed by atoms with Gasteiger partial charge in [-0.25, -0.2) is 0 Å². The van der Waals surface area contributed by atoms with Gasteiger partial charge in [-0.1, -0.05) is 34.1 Å². The number of hydrogen-bond donors (Lipinski definition) is 0. The van der Waals surface area contributed by atoms with Gasteiger partial charge in [0.25, 0.3) is 0 Å². The topological polar surface area (TPSA) is 0 Å². The minimum Gasteiger partial charge on any atom is -0.117 e. The Morgan fingerprint density at radius 2 is 1.26 bits per heavy atom. The second kappa shape index (κ2) is 10.3. The van der Waals surface area contributed by atoms with Crippen molar-refractivity contribution in [2.24, 2.45) is 0 Å². The van der Waals surface area contributed by atoms with E-state index in [1.54, 1.807) is 11.8 Å². The van der Waals surface area contributed by atoms with Gasteiger partial charge in [0.2, 0.25) is 0 Å². The van der Waals surface area contributed by atoms with Crippen LogP contribution in [-0.2, 0) is 17.1 Å². The molecule has 0 unspecified atom stereocenters. The standard InChI is InChI=1S/C11H9S.C5H4Br.Fe/c1-2-6-10(7-3-1)12-11-8-4-5-9-11;6-5-3-1-2-4-5;/h1-9H;1-4H;/q;;+2. The summed E-state index contributed by atoms with van der Waals surface area (Å²) in [6.07, 6.45) is 16.3. The molecule has 0 aliphatic heterocycles. The van der Waals surface area contributed by atoms with E-state index in [0.717, 1.165) is 4.83 Å². The molecule has 3 rings (SSSR count). The van der Waals surface area contributed by atoms with E-state index in [-0.39, 0.29) is 17.1 Å². The van der Waals surface area contributed by atoms with Gasteiger partial charge in [-0.2, -0.15) is 0 Å². The Bertz CT molecular complexity index is 319. The molecule has 2 saturated carbocycles. The van der Waals surface area contributed by atoms with Crippen molar-refractivity contribution in [1.29, 1.82) is 0 Å². The molecule has 0 spiro atoms. The van der Waals surface area contributed by atoms with Gasteiger partial charge in [-0.3, -0.25) is 0 Å². The third-order valence-corrected chi connectivity index (χ3v) is 3.78. The average molecular weight is 373 g/mol. The van der Waals surface area contributed by atoms with Gasteiger partial charge < -0.3 is 0 Å². The Balaban J connectivity index is 0.000000220. The van der Waals surface area contributed by atoms with E-state index < -0.39 is 0 Å². The SMILES string of the molecule is Br[C]1[CH][CH][CH][CH]1.[CH]1[CH][CH][C](Sc2ccccc2)[CH]1.[Fe+2]. The molecule has 3 heteroatoms. The Morgan fingerprint density at radius 3 is 1.74 bits per heavy atom. The van der Waals surface area contributed by atoms with Crippen molar-refractivity contribution in [3.05, 3.63) is 91.8 Å². The predicted octanol–water partition coefficient (Wildman–Crippen LogP) is 4.88. The summed E-state index contributed by atoms with van der Waals surface area (Å²) in [4.78, 5) is 2.45. The normalized spacial score (nSPS) is 19.6. The van der Waals surface area contributed by atoms with Crippen LogP contribution in [-0.4, -0.2) is 0 Å². The molecule has 10 radical (unpaired) electrons. The largest absolute Gasteiger partial charge is 2.00 e. The van der Waals surface area contributed by atoms with Crippen LogP contribution in [0, 0.1) is 61.4 Å². The molecule has 2 aliphatic carbocycles. The zero-order valence-electron chi connectivity index (χ0n) is 10.1. The first kappa shape index (κ1) is 17.6. The monoisotopic (exact) mass is 372 g/mol. The van der Waals surface area contributed by atoms with Crippen LogP contribution in [0.15, 0.2) is 35.2 Å². The summed E-state index contributed by atoms with van der Waals surface area (Å²) in [7, 11) is 0. The van der Waals surface area contributed by atoms with Crippen molar-refractivity contribution in [2.45, 2.75) is 4.90 Å². The summed E-state index contributed by atoms with van der Waals surface area (Å²) < 4.78 is 0. The van der Waals surface area contributed by atoms with Gasteiger partial charge in [0, 0.05) is 15.0 Å². The van der Waals surface area contributed by atoms with Gasteiger partial charge in [0.05, 0.1) is 0 Å². The second-order valence-electron chi connectivity index (χ2n) is 3.64. The van der Waals surface area contributed by atoms with E-state index in [2.05, 4.69) is 65.9 Å². The van der Waals surface area contributed by atoms with Gasteiger partial charge in [-0.05, 0) is 63.5 Å². The Morgan fingerprint density at radius 1 is 0.737 bits per heavy atom. The van der Waals surface area contributed by atoms with E-state index in [1.165, 1.54) is 10.1 Å². The van der Waals surface area contributed by atoms with Crippen molar-refractivity contribution in [3.8, 4) is 0 Å². The molecule has 0 heterocycles. The Kier molecular flexibility index (Phi) is 9.57. The Labute approximate surface area is 141 Å². The van der Waals surface area contributed by atoms with Crippen LogP contribution in [0.1, 0.15) is 0 Å². The third kappa shape index (κ3) is 7.22. The molecule has 0 bridgehead atoms. The van der Waals surface area contributed by atoms with Crippen LogP contribution in [0.4, 0.5) is 0 Å². The van der Waals surface area contributed by atoms with Crippen molar-refractivity contribution in [3.63, 3.8) is 0 Å². The first-order chi connectivity index (χ1) is 8.84. The average Bonchev–Trinajstić information content (AvgIpc) is 3.05. The third-order valence-electron chi connectivity index (χ3n) is 2.23. The minimum atomic E-state index is 0.